The zero-order chi connectivity index (χ0) is 15.0. The second-order valence-corrected chi connectivity index (χ2v) is 4.51. The van der Waals surface area contributed by atoms with Gasteiger partial charge in [0.1, 0.15) is 0 Å². The van der Waals surface area contributed by atoms with Crippen LogP contribution in [0, 0.1) is 0 Å². The molecule has 2 amide bonds. The number of hydrogen-bond acceptors (Lipinski definition) is 3. The molecule has 1 rings (SSSR count). The van der Waals surface area contributed by atoms with Gasteiger partial charge in [-0.3, -0.25) is 9.59 Å². The third kappa shape index (κ3) is 4.66. The Labute approximate surface area is 120 Å². The zero-order valence-electron chi connectivity index (χ0n) is 12.4. The van der Waals surface area contributed by atoms with E-state index in [1.54, 1.807) is 36.2 Å². The minimum absolute atomic E-state index is 0.0743. The standard InChI is InChI=1S/C15H23N3O2/c1-4-16-9-10-17-14(19)12-7-6-8-13(11-12)15(20)18(3)5-2/h6-8,11,16H,4-5,9-10H2,1-3H3,(H,17,19). The fourth-order valence-corrected chi connectivity index (χ4v) is 1.70. The summed E-state index contributed by atoms with van der Waals surface area (Å²) in [6.45, 7) is 6.75. The van der Waals surface area contributed by atoms with E-state index in [1.165, 1.54) is 0 Å². The third-order valence-electron chi connectivity index (χ3n) is 3.03. The molecule has 20 heavy (non-hydrogen) atoms. The Balaban J connectivity index is 2.67. The Morgan fingerprint density at radius 3 is 2.50 bits per heavy atom. The topological polar surface area (TPSA) is 61.4 Å². The quantitative estimate of drug-likeness (QED) is 0.734. The van der Waals surface area contributed by atoms with E-state index in [1.807, 2.05) is 13.8 Å². The highest BCUT2D eigenvalue weighted by Crippen LogP contribution is 2.08. The Kier molecular flexibility index (Phi) is 6.73. The molecule has 0 fully saturated rings. The van der Waals surface area contributed by atoms with Crippen molar-refractivity contribution in [2.45, 2.75) is 13.8 Å². The Morgan fingerprint density at radius 1 is 1.15 bits per heavy atom. The highest BCUT2D eigenvalue weighted by Gasteiger charge is 2.12. The maximum Gasteiger partial charge on any atom is 0.253 e. The number of rotatable bonds is 7. The molecule has 0 atom stereocenters. The molecular formula is C15H23N3O2. The molecule has 5 heteroatoms. The lowest BCUT2D eigenvalue weighted by Gasteiger charge is -2.14. The van der Waals surface area contributed by atoms with E-state index >= 15 is 0 Å². The summed E-state index contributed by atoms with van der Waals surface area (Å²) in [5.41, 5.74) is 1.05. The lowest BCUT2D eigenvalue weighted by Crippen LogP contribution is -2.32. The molecule has 0 spiro atoms. The maximum absolute atomic E-state index is 12.0. The first-order valence-electron chi connectivity index (χ1n) is 6.94. The number of benzene rings is 1. The molecule has 0 bridgehead atoms. The van der Waals surface area contributed by atoms with Crippen LogP contribution < -0.4 is 10.6 Å². The first kappa shape index (κ1) is 16.2. The lowest BCUT2D eigenvalue weighted by atomic mass is 10.1. The number of nitrogens with zero attached hydrogens (tertiary/aromatic N) is 1. The predicted octanol–water partition coefficient (Wildman–Crippen LogP) is 1.12. The van der Waals surface area contributed by atoms with Gasteiger partial charge in [0.2, 0.25) is 0 Å². The van der Waals surface area contributed by atoms with E-state index in [-0.39, 0.29) is 11.8 Å². The molecule has 0 aliphatic carbocycles. The summed E-state index contributed by atoms with van der Waals surface area (Å²) < 4.78 is 0. The van der Waals surface area contributed by atoms with Crippen molar-refractivity contribution < 1.29 is 9.59 Å². The van der Waals surface area contributed by atoms with Gasteiger partial charge < -0.3 is 15.5 Å². The normalized spacial score (nSPS) is 10.2. The maximum atomic E-state index is 12.0. The Morgan fingerprint density at radius 2 is 1.85 bits per heavy atom. The van der Waals surface area contributed by atoms with Crippen LogP contribution >= 0.6 is 0 Å². The molecule has 0 saturated carbocycles. The van der Waals surface area contributed by atoms with Crippen LogP contribution in [0.2, 0.25) is 0 Å². The summed E-state index contributed by atoms with van der Waals surface area (Å²) in [6, 6.07) is 6.81. The number of likely N-dealkylation sites (N-methyl/N-ethyl adjacent to an activating group) is 1. The van der Waals surface area contributed by atoms with Crippen molar-refractivity contribution in [3.8, 4) is 0 Å². The van der Waals surface area contributed by atoms with Crippen LogP contribution in [0.1, 0.15) is 34.6 Å². The van der Waals surface area contributed by atoms with E-state index in [2.05, 4.69) is 10.6 Å². The van der Waals surface area contributed by atoms with E-state index < -0.39 is 0 Å². The van der Waals surface area contributed by atoms with Crippen molar-refractivity contribution >= 4 is 11.8 Å². The first-order chi connectivity index (χ1) is 9.60. The molecule has 0 unspecified atom stereocenters. The molecule has 5 nitrogen and oxygen atoms in total. The van der Waals surface area contributed by atoms with Crippen LogP contribution in [0.5, 0.6) is 0 Å². The van der Waals surface area contributed by atoms with Gasteiger partial charge >= 0.3 is 0 Å². The first-order valence-corrected chi connectivity index (χ1v) is 6.94. The largest absolute Gasteiger partial charge is 0.351 e. The van der Waals surface area contributed by atoms with E-state index in [0.29, 0.717) is 24.2 Å². The van der Waals surface area contributed by atoms with Gasteiger partial charge in [-0.1, -0.05) is 13.0 Å². The molecule has 0 radical (unpaired) electrons. The molecule has 1 aromatic carbocycles. The SMILES string of the molecule is CCNCCNC(=O)c1cccc(C(=O)N(C)CC)c1. The van der Waals surface area contributed by atoms with Crippen LogP contribution in [-0.4, -0.2) is 49.9 Å². The van der Waals surface area contributed by atoms with Crippen LogP contribution in [-0.2, 0) is 0 Å². The number of carbonyl (C=O) groups excluding carboxylic acids is 2. The second kappa shape index (κ2) is 8.32. The summed E-state index contributed by atoms with van der Waals surface area (Å²) in [5, 5.41) is 5.95. The highest BCUT2D eigenvalue weighted by atomic mass is 16.2. The average Bonchev–Trinajstić information content (AvgIpc) is 2.49. The van der Waals surface area contributed by atoms with E-state index in [4.69, 9.17) is 0 Å². The van der Waals surface area contributed by atoms with Crippen LogP contribution in [0.25, 0.3) is 0 Å². The number of carbonyl (C=O) groups is 2. The van der Waals surface area contributed by atoms with Crippen LogP contribution in [0.3, 0.4) is 0 Å². The Hall–Kier alpha value is -1.88. The van der Waals surface area contributed by atoms with Crippen molar-refractivity contribution in [1.82, 2.24) is 15.5 Å². The zero-order valence-corrected chi connectivity index (χ0v) is 12.4. The van der Waals surface area contributed by atoms with Crippen molar-refractivity contribution in [2.75, 3.05) is 33.2 Å². The van der Waals surface area contributed by atoms with Gasteiger partial charge in [-0.05, 0) is 31.7 Å². The minimum Gasteiger partial charge on any atom is -0.351 e. The summed E-state index contributed by atoms with van der Waals surface area (Å²) in [5.74, 6) is -0.230. The predicted molar refractivity (Wildman–Crippen MR) is 80.0 cm³/mol. The number of nitrogens with one attached hydrogen (secondary N) is 2. The fourth-order valence-electron chi connectivity index (χ4n) is 1.70. The van der Waals surface area contributed by atoms with Crippen molar-refractivity contribution in [3.05, 3.63) is 35.4 Å². The smallest absolute Gasteiger partial charge is 0.253 e. The van der Waals surface area contributed by atoms with Gasteiger partial charge in [-0.2, -0.15) is 0 Å². The average molecular weight is 277 g/mol. The van der Waals surface area contributed by atoms with Crippen molar-refractivity contribution in [1.29, 1.82) is 0 Å². The highest BCUT2D eigenvalue weighted by molar-refractivity contribution is 5.99. The monoisotopic (exact) mass is 277 g/mol. The van der Waals surface area contributed by atoms with Gasteiger partial charge in [-0.15, -0.1) is 0 Å². The lowest BCUT2D eigenvalue weighted by molar-refractivity contribution is 0.0802. The molecule has 1 aromatic rings. The van der Waals surface area contributed by atoms with Gasteiger partial charge in [0, 0.05) is 37.8 Å². The Bertz CT molecular complexity index is 460. The summed E-state index contributed by atoms with van der Waals surface area (Å²) >= 11 is 0. The van der Waals surface area contributed by atoms with E-state index in [0.717, 1.165) is 13.1 Å². The van der Waals surface area contributed by atoms with Crippen LogP contribution in [0.4, 0.5) is 0 Å². The van der Waals surface area contributed by atoms with Crippen molar-refractivity contribution in [2.24, 2.45) is 0 Å². The second-order valence-electron chi connectivity index (χ2n) is 4.51. The number of amides is 2. The summed E-state index contributed by atoms with van der Waals surface area (Å²) in [7, 11) is 1.74. The molecule has 0 heterocycles. The number of hydrogen-bond donors (Lipinski definition) is 2. The summed E-state index contributed by atoms with van der Waals surface area (Å²) in [6.07, 6.45) is 0. The van der Waals surface area contributed by atoms with E-state index in [9.17, 15) is 9.59 Å². The van der Waals surface area contributed by atoms with Gasteiger partial charge in [0.15, 0.2) is 0 Å². The summed E-state index contributed by atoms with van der Waals surface area (Å²) in [4.78, 5) is 25.6. The molecule has 0 aliphatic heterocycles. The minimum atomic E-state index is -0.156. The fraction of sp³-hybridized carbons (Fsp3) is 0.467. The van der Waals surface area contributed by atoms with Crippen LogP contribution in [0.15, 0.2) is 24.3 Å². The molecule has 2 N–H and O–H groups in total. The molecule has 0 aromatic heterocycles. The molecule has 0 saturated heterocycles. The molecule has 0 aliphatic rings. The van der Waals surface area contributed by atoms with Gasteiger partial charge in [0.05, 0.1) is 0 Å². The van der Waals surface area contributed by atoms with Gasteiger partial charge in [0.25, 0.3) is 11.8 Å². The van der Waals surface area contributed by atoms with Gasteiger partial charge in [-0.25, -0.2) is 0 Å². The third-order valence-corrected chi connectivity index (χ3v) is 3.03. The van der Waals surface area contributed by atoms with Crippen molar-refractivity contribution in [3.63, 3.8) is 0 Å². The molecular weight excluding hydrogens is 254 g/mol. The molecule has 110 valence electrons.